The van der Waals surface area contributed by atoms with Crippen molar-refractivity contribution in [2.45, 2.75) is 44.9 Å². The molecule has 0 atom stereocenters. The minimum atomic E-state index is -4.47. The monoisotopic (exact) mass is 453 g/mol. The average molecular weight is 453 g/mol. The Balaban J connectivity index is 1.83. The second-order valence-corrected chi connectivity index (χ2v) is 8.38. The molecule has 2 N–H and O–H groups in total. The summed E-state index contributed by atoms with van der Waals surface area (Å²) in [5.41, 5.74) is 1.16. The van der Waals surface area contributed by atoms with Crippen LogP contribution < -0.4 is 15.0 Å². The van der Waals surface area contributed by atoms with Crippen molar-refractivity contribution in [3.8, 4) is 17.3 Å². The van der Waals surface area contributed by atoms with Crippen molar-refractivity contribution in [3.05, 3.63) is 29.6 Å². The van der Waals surface area contributed by atoms with Crippen molar-refractivity contribution in [2.75, 3.05) is 31.6 Å². The van der Waals surface area contributed by atoms with Crippen LogP contribution in [-0.2, 0) is 17.6 Å². The Bertz CT molecular complexity index is 976. The number of likely N-dealkylation sites (N-methyl/N-ethyl adjacent to an activating group) is 1. The lowest BCUT2D eigenvalue weighted by Crippen LogP contribution is -2.40. The van der Waals surface area contributed by atoms with Gasteiger partial charge in [0.05, 0.1) is 12.1 Å². The fourth-order valence-corrected chi connectivity index (χ4v) is 3.27. The SMILES string of the molecule is CN(CC(=O)NCC(F)(F)F)c1nc(-c2cc(OCC(C)(C)O)ccn2)nc2c1CCC2. The maximum atomic E-state index is 12.4. The Hall–Kier alpha value is -2.95. The van der Waals surface area contributed by atoms with Crippen LogP contribution in [0.25, 0.3) is 11.5 Å². The number of nitrogens with zero attached hydrogens (tertiary/aromatic N) is 4. The normalized spacial score (nSPS) is 13.6. The van der Waals surface area contributed by atoms with Crippen LogP contribution in [0, 0.1) is 0 Å². The molecule has 1 aliphatic carbocycles. The molecule has 2 aromatic rings. The summed E-state index contributed by atoms with van der Waals surface area (Å²) in [6.07, 6.45) is -0.597. The second-order valence-electron chi connectivity index (χ2n) is 8.38. The standard InChI is InChI=1S/C21H26F3N5O3/c1-20(2,31)12-32-13-7-8-25-16(9-13)18-27-15-6-4-5-14(15)19(28-18)29(3)10-17(30)26-11-21(22,23)24/h7-9,31H,4-6,10-12H2,1-3H3,(H,26,30). The van der Waals surface area contributed by atoms with Crippen LogP contribution in [0.4, 0.5) is 19.0 Å². The number of ether oxygens (including phenoxy) is 1. The number of alkyl halides is 3. The van der Waals surface area contributed by atoms with Crippen LogP contribution in [0.2, 0.25) is 0 Å². The maximum absolute atomic E-state index is 12.4. The van der Waals surface area contributed by atoms with Gasteiger partial charge >= 0.3 is 6.18 Å². The third-order valence-corrected chi connectivity index (χ3v) is 4.69. The van der Waals surface area contributed by atoms with Gasteiger partial charge in [-0.15, -0.1) is 0 Å². The number of aliphatic hydroxyl groups is 1. The van der Waals surface area contributed by atoms with Crippen LogP contribution in [-0.4, -0.2) is 64.5 Å². The van der Waals surface area contributed by atoms with E-state index in [1.807, 2.05) is 5.32 Å². The number of pyridine rings is 1. The first-order chi connectivity index (χ1) is 14.9. The van der Waals surface area contributed by atoms with Crippen LogP contribution >= 0.6 is 0 Å². The molecule has 0 radical (unpaired) electrons. The van der Waals surface area contributed by atoms with Gasteiger partial charge in [0.15, 0.2) is 5.82 Å². The predicted molar refractivity (Wildman–Crippen MR) is 111 cm³/mol. The van der Waals surface area contributed by atoms with Gasteiger partial charge < -0.3 is 20.1 Å². The Morgan fingerprint density at radius 2 is 2.03 bits per heavy atom. The molecule has 3 rings (SSSR count). The molecule has 2 heterocycles. The molecule has 8 nitrogen and oxygen atoms in total. The number of aromatic nitrogens is 3. The quantitative estimate of drug-likeness (QED) is 0.633. The summed E-state index contributed by atoms with van der Waals surface area (Å²) in [5, 5.41) is 11.7. The summed E-state index contributed by atoms with van der Waals surface area (Å²) in [6.45, 7) is 1.69. The Morgan fingerprint density at radius 3 is 2.72 bits per heavy atom. The highest BCUT2D eigenvalue weighted by Gasteiger charge is 2.28. The Labute approximate surface area is 183 Å². The van der Waals surface area contributed by atoms with Crippen molar-refractivity contribution in [1.82, 2.24) is 20.3 Å². The molecule has 0 fully saturated rings. The number of amides is 1. The Morgan fingerprint density at radius 1 is 1.28 bits per heavy atom. The summed E-state index contributed by atoms with van der Waals surface area (Å²) in [4.78, 5) is 27.0. The second kappa shape index (κ2) is 9.27. The lowest BCUT2D eigenvalue weighted by molar-refractivity contribution is -0.137. The molecule has 1 aliphatic rings. The zero-order valence-electron chi connectivity index (χ0n) is 18.2. The number of carbonyl (C=O) groups is 1. The minimum absolute atomic E-state index is 0.0858. The van der Waals surface area contributed by atoms with E-state index in [4.69, 9.17) is 4.74 Å². The number of anilines is 1. The fourth-order valence-electron chi connectivity index (χ4n) is 3.27. The van der Waals surface area contributed by atoms with Crippen LogP contribution in [0.5, 0.6) is 5.75 Å². The number of hydrogen-bond donors (Lipinski definition) is 2. The number of aryl methyl sites for hydroxylation is 1. The highest BCUT2D eigenvalue weighted by atomic mass is 19.4. The van der Waals surface area contributed by atoms with Gasteiger partial charge in [-0.3, -0.25) is 9.78 Å². The molecule has 0 bridgehead atoms. The third-order valence-electron chi connectivity index (χ3n) is 4.69. The van der Waals surface area contributed by atoms with Gasteiger partial charge in [0.2, 0.25) is 5.91 Å². The smallest absolute Gasteiger partial charge is 0.405 e. The molecule has 1 amide bonds. The van der Waals surface area contributed by atoms with E-state index in [9.17, 15) is 23.1 Å². The van der Waals surface area contributed by atoms with Crippen LogP contribution in [0.3, 0.4) is 0 Å². The van der Waals surface area contributed by atoms with Crippen molar-refractivity contribution in [2.24, 2.45) is 0 Å². The van der Waals surface area contributed by atoms with E-state index in [2.05, 4.69) is 15.0 Å². The Kier molecular flexibility index (Phi) is 6.87. The third kappa shape index (κ3) is 6.52. The lowest BCUT2D eigenvalue weighted by atomic mass is 10.2. The first-order valence-corrected chi connectivity index (χ1v) is 10.2. The zero-order valence-corrected chi connectivity index (χ0v) is 18.2. The van der Waals surface area contributed by atoms with Crippen molar-refractivity contribution < 1.29 is 27.8 Å². The minimum Gasteiger partial charge on any atom is -0.490 e. The van der Waals surface area contributed by atoms with Crippen LogP contribution in [0.15, 0.2) is 18.3 Å². The number of hydrogen-bond acceptors (Lipinski definition) is 7. The van der Waals surface area contributed by atoms with E-state index in [0.717, 1.165) is 30.5 Å². The van der Waals surface area contributed by atoms with Gasteiger partial charge in [-0.1, -0.05) is 0 Å². The number of halogens is 3. The van der Waals surface area contributed by atoms with Gasteiger partial charge in [-0.2, -0.15) is 13.2 Å². The van der Waals surface area contributed by atoms with E-state index in [1.54, 1.807) is 39.2 Å². The highest BCUT2D eigenvalue weighted by molar-refractivity contribution is 5.81. The summed E-state index contributed by atoms with van der Waals surface area (Å²) >= 11 is 0. The number of rotatable bonds is 8. The number of fused-ring (bicyclic) bond motifs is 1. The largest absolute Gasteiger partial charge is 0.490 e. The summed E-state index contributed by atoms with van der Waals surface area (Å²) in [5.74, 6) is 0.561. The number of carbonyl (C=O) groups excluding carboxylic acids is 1. The highest BCUT2D eigenvalue weighted by Crippen LogP contribution is 2.31. The molecule has 174 valence electrons. The summed E-state index contributed by atoms with van der Waals surface area (Å²) in [6, 6.07) is 3.31. The molecule has 11 heteroatoms. The van der Waals surface area contributed by atoms with Gasteiger partial charge in [-0.25, -0.2) is 9.97 Å². The summed E-state index contributed by atoms with van der Waals surface area (Å²) in [7, 11) is 1.61. The molecule has 0 aromatic carbocycles. The first-order valence-electron chi connectivity index (χ1n) is 10.2. The molecule has 0 unspecified atom stereocenters. The first kappa shape index (κ1) is 23.7. The van der Waals surface area contributed by atoms with Gasteiger partial charge in [0, 0.05) is 30.6 Å². The topological polar surface area (TPSA) is 100 Å². The van der Waals surface area contributed by atoms with E-state index in [-0.39, 0.29) is 13.2 Å². The van der Waals surface area contributed by atoms with E-state index < -0.39 is 24.2 Å². The lowest BCUT2D eigenvalue weighted by Gasteiger charge is -2.21. The summed E-state index contributed by atoms with van der Waals surface area (Å²) < 4.78 is 42.7. The maximum Gasteiger partial charge on any atom is 0.405 e. The zero-order chi connectivity index (χ0) is 23.5. The van der Waals surface area contributed by atoms with Crippen LogP contribution in [0.1, 0.15) is 31.5 Å². The number of nitrogens with one attached hydrogen (secondary N) is 1. The molecule has 32 heavy (non-hydrogen) atoms. The fraction of sp³-hybridized carbons (Fsp3) is 0.524. The molecule has 0 saturated carbocycles. The van der Waals surface area contributed by atoms with Gasteiger partial charge in [-0.05, 0) is 39.2 Å². The molecular formula is C21H26F3N5O3. The van der Waals surface area contributed by atoms with E-state index in [0.29, 0.717) is 23.1 Å². The van der Waals surface area contributed by atoms with Gasteiger partial charge in [0.1, 0.15) is 30.4 Å². The molecule has 0 aliphatic heterocycles. The molecule has 2 aromatic heterocycles. The van der Waals surface area contributed by atoms with Gasteiger partial charge in [0.25, 0.3) is 0 Å². The van der Waals surface area contributed by atoms with Crippen molar-refractivity contribution in [3.63, 3.8) is 0 Å². The van der Waals surface area contributed by atoms with Crippen molar-refractivity contribution in [1.29, 1.82) is 0 Å². The van der Waals surface area contributed by atoms with E-state index >= 15 is 0 Å². The average Bonchev–Trinajstić information content (AvgIpc) is 3.18. The predicted octanol–water partition coefficient (Wildman–Crippen LogP) is 2.29. The molecule has 0 spiro atoms. The van der Waals surface area contributed by atoms with Crippen molar-refractivity contribution >= 4 is 11.7 Å². The molecular weight excluding hydrogens is 427 g/mol. The van der Waals surface area contributed by atoms with E-state index in [1.165, 1.54) is 4.90 Å². The molecule has 0 saturated heterocycles.